The van der Waals surface area contributed by atoms with Crippen molar-refractivity contribution in [2.75, 3.05) is 0 Å². The van der Waals surface area contributed by atoms with E-state index < -0.39 is 11.5 Å². The average Bonchev–Trinajstić information content (AvgIpc) is 2.74. The molecule has 1 heterocycles. The lowest BCUT2D eigenvalue weighted by atomic mass is 9.91. The van der Waals surface area contributed by atoms with Gasteiger partial charge in [0.25, 0.3) is 11.8 Å². The highest BCUT2D eigenvalue weighted by molar-refractivity contribution is 6.16. The molecule has 0 aromatic carbocycles. The van der Waals surface area contributed by atoms with Gasteiger partial charge in [0.15, 0.2) is 0 Å². The van der Waals surface area contributed by atoms with E-state index in [1.807, 2.05) is 0 Å². The lowest BCUT2D eigenvalue weighted by Gasteiger charge is -2.36. The number of carbonyl (C=O) groups is 3. The number of amides is 2. The van der Waals surface area contributed by atoms with E-state index in [-0.39, 0.29) is 18.2 Å². The van der Waals surface area contributed by atoms with Gasteiger partial charge in [-0.2, -0.15) is 0 Å². The summed E-state index contributed by atoms with van der Waals surface area (Å²) in [6, 6.07) is 0. The van der Waals surface area contributed by atoms with Crippen LogP contribution in [0.25, 0.3) is 0 Å². The lowest BCUT2D eigenvalue weighted by molar-refractivity contribution is -0.149. The number of carboxylic acid groups (broad SMARTS) is 1. The molecule has 2 rings (SSSR count). The van der Waals surface area contributed by atoms with Crippen molar-refractivity contribution in [1.82, 2.24) is 4.90 Å². The Labute approximate surface area is 99.1 Å². The molecule has 0 unspecified atom stereocenters. The summed E-state index contributed by atoms with van der Waals surface area (Å²) in [7, 11) is 0. The summed E-state index contributed by atoms with van der Waals surface area (Å²) in [4.78, 5) is 35.9. The molecule has 0 aromatic rings. The Morgan fingerprint density at radius 1 is 1.41 bits per heavy atom. The van der Waals surface area contributed by atoms with Gasteiger partial charge in [-0.15, -0.1) is 0 Å². The lowest BCUT2D eigenvalue weighted by Crippen LogP contribution is -2.51. The molecule has 2 amide bonds. The Balaban J connectivity index is 2.32. The van der Waals surface area contributed by atoms with E-state index in [0.717, 1.165) is 12.8 Å². The molecule has 1 aliphatic heterocycles. The molecule has 0 radical (unpaired) electrons. The van der Waals surface area contributed by atoms with Gasteiger partial charge in [0, 0.05) is 11.6 Å². The Kier molecular flexibility index (Phi) is 2.77. The van der Waals surface area contributed by atoms with Crippen LogP contribution < -0.4 is 0 Å². The molecular formula is C12H15NO4. The maximum atomic E-state index is 11.9. The van der Waals surface area contributed by atoms with Crippen molar-refractivity contribution in [3.63, 3.8) is 0 Å². The Hall–Kier alpha value is -1.65. The van der Waals surface area contributed by atoms with Gasteiger partial charge in [-0.25, -0.2) is 0 Å². The van der Waals surface area contributed by atoms with E-state index >= 15 is 0 Å². The van der Waals surface area contributed by atoms with Gasteiger partial charge in [-0.05, 0) is 19.8 Å². The Morgan fingerprint density at radius 3 is 2.41 bits per heavy atom. The van der Waals surface area contributed by atoms with E-state index in [1.165, 1.54) is 11.0 Å². The number of aliphatic carboxylic acids is 1. The Bertz CT molecular complexity index is 418. The largest absolute Gasteiger partial charge is 0.481 e. The maximum Gasteiger partial charge on any atom is 0.305 e. The van der Waals surface area contributed by atoms with Crippen LogP contribution in [0.4, 0.5) is 0 Å². The molecule has 1 N–H and O–H groups in total. The SMILES string of the molecule is CC1=CC(=O)N(C2(CC(=O)O)CCCC2)C1=O. The molecule has 5 heteroatoms. The zero-order chi connectivity index (χ0) is 12.6. The second-order valence-corrected chi connectivity index (χ2v) is 4.81. The smallest absolute Gasteiger partial charge is 0.305 e. The van der Waals surface area contributed by atoms with Crippen molar-refractivity contribution >= 4 is 17.8 Å². The van der Waals surface area contributed by atoms with Gasteiger partial charge in [0.05, 0.1) is 12.0 Å². The molecule has 2 aliphatic rings. The monoisotopic (exact) mass is 237 g/mol. The van der Waals surface area contributed by atoms with Crippen molar-refractivity contribution in [3.8, 4) is 0 Å². The average molecular weight is 237 g/mol. The third-order valence-corrected chi connectivity index (χ3v) is 3.59. The van der Waals surface area contributed by atoms with Gasteiger partial charge in [0.1, 0.15) is 0 Å². The summed E-state index contributed by atoms with van der Waals surface area (Å²) in [6.07, 6.45) is 4.07. The number of carbonyl (C=O) groups excluding carboxylic acids is 2. The quantitative estimate of drug-likeness (QED) is 0.745. The minimum Gasteiger partial charge on any atom is -0.481 e. The molecule has 17 heavy (non-hydrogen) atoms. The third-order valence-electron chi connectivity index (χ3n) is 3.59. The first-order valence-corrected chi connectivity index (χ1v) is 5.75. The normalized spacial score (nSPS) is 23.1. The molecule has 5 nitrogen and oxygen atoms in total. The summed E-state index contributed by atoms with van der Waals surface area (Å²) < 4.78 is 0. The molecule has 0 aromatic heterocycles. The van der Waals surface area contributed by atoms with Crippen LogP contribution in [-0.2, 0) is 14.4 Å². The van der Waals surface area contributed by atoms with Crippen molar-refractivity contribution in [2.45, 2.75) is 44.6 Å². The first kappa shape index (κ1) is 11.8. The molecular weight excluding hydrogens is 222 g/mol. The second-order valence-electron chi connectivity index (χ2n) is 4.81. The van der Waals surface area contributed by atoms with Crippen molar-refractivity contribution in [2.24, 2.45) is 0 Å². The van der Waals surface area contributed by atoms with Crippen LogP contribution in [0.15, 0.2) is 11.6 Å². The highest BCUT2D eigenvalue weighted by Gasteiger charge is 2.48. The van der Waals surface area contributed by atoms with Crippen LogP contribution in [0.5, 0.6) is 0 Å². The van der Waals surface area contributed by atoms with Crippen molar-refractivity contribution in [3.05, 3.63) is 11.6 Å². The summed E-state index contributed by atoms with van der Waals surface area (Å²) in [5.74, 6) is -1.66. The maximum absolute atomic E-state index is 11.9. The van der Waals surface area contributed by atoms with Gasteiger partial charge < -0.3 is 5.11 Å². The molecule has 0 saturated heterocycles. The van der Waals surface area contributed by atoms with E-state index in [9.17, 15) is 14.4 Å². The fourth-order valence-electron chi connectivity index (χ4n) is 2.83. The summed E-state index contributed by atoms with van der Waals surface area (Å²) in [5, 5.41) is 8.97. The van der Waals surface area contributed by atoms with Crippen LogP contribution >= 0.6 is 0 Å². The molecule has 1 saturated carbocycles. The second kappa shape index (κ2) is 3.98. The summed E-state index contributed by atoms with van der Waals surface area (Å²) in [6.45, 7) is 1.59. The molecule has 1 fully saturated rings. The number of imide groups is 1. The zero-order valence-corrected chi connectivity index (χ0v) is 9.73. The minimum absolute atomic E-state index is 0.147. The van der Waals surface area contributed by atoms with E-state index in [4.69, 9.17) is 5.11 Å². The standard InChI is InChI=1S/C12H15NO4/c1-8-6-9(14)13(11(8)17)12(7-10(15)16)4-2-3-5-12/h6H,2-5,7H2,1H3,(H,15,16). The summed E-state index contributed by atoms with van der Waals surface area (Å²) >= 11 is 0. The molecule has 0 bridgehead atoms. The fourth-order valence-corrected chi connectivity index (χ4v) is 2.83. The molecule has 92 valence electrons. The van der Waals surface area contributed by atoms with E-state index in [1.54, 1.807) is 6.92 Å². The van der Waals surface area contributed by atoms with Crippen LogP contribution in [0.1, 0.15) is 39.0 Å². The van der Waals surface area contributed by atoms with E-state index in [0.29, 0.717) is 18.4 Å². The van der Waals surface area contributed by atoms with Crippen LogP contribution in [0.3, 0.4) is 0 Å². The highest BCUT2D eigenvalue weighted by atomic mass is 16.4. The van der Waals surface area contributed by atoms with Gasteiger partial charge in [-0.3, -0.25) is 19.3 Å². The number of nitrogens with zero attached hydrogens (tertiary/aromatic N) is 1. The fraction of sp³-hybridized carbons (Fsp3) is 0.583. The van der Waals surface area contributed by atoms with Crippen molar-refractivity contribution in [1.29, 1.82) is 0 Å². The molecule has 0 atom stereocenters. The third kappa shape index (κ3) is 1.85. The number of carboxylic acids is 1. The van der Waals surface area contributed by atoms with Gasteiger partial charge in [-0.1, -0.05) is 12.8 Å². The topological polar surface area (TPSA) is 74.7 Å². The van der Waals surface area contributed by atoms with Crippen LogP contribution in [-0.4, -0.2) is 33.3 Å². The van der Waals surface area contributed by atoms with Crippen LogP contribution in [0.2, 0.25) is 0 Å². The first-order valence-electron chi connectivity index (χ1n) is 5.75. The molecule has 0 spiro atoms. The number of hydrogen-bond donors (Lipinski definition) is 1. The minimum atomic E-state index is -0.961. The first-order chi connectivity index (χ1) is 7.96. The van der Waals surface area contributed by atoms with Gasteiger partial charge >= 0.3 is 5.97 Å². The number of hydrogen-bond acceptors (Lipinski definition) is 3. The van der Waals surface area contributed by atoms with Crippen molar-refractivity contribution < 1.29 is 19.5 Å². The predicted molar refractivity (Wildman–Crippen MR) is 59.1 cm³/mol. The highest BCUT2D eigenvalue weighted by Crippen LogP contribution is 2.40. The van der Waals surface area contributed by atoms with Crippen LogP contribution in [0, 0.1) is 0 Å². The van der Waals surface area contributed by atoms with E-state index in [2.05, 4.69) is 0 Å². The summed E-state index contributed by atoms with van der Waals surface area (Å²) in [5.41, 5.74) is -0.402. The Morgan fingerprint density at radius 2 is 2.00 bits per heavy atom. The number of rotatable bonds is 3. The molecule has 1 aliphatic carbocycles. The zero-order valence-electron chi connectivity index (χ0n) is 9.73. The predicted octanol–water partition coefficient (Wildman–Crippen LogP) is 1.09. The van der Waals surface area contributed by atoms with Gasteiger partial charge in [0.2, 0.25) is 0 Å².